The molecule has 6 heteroatoms. The van der Waals surface area contributed by atoms with E-state index in [0.717, 1.165) is 17.7 Å². The van der Waals surface area contributed by atoms with Crippen LogP contribution in [0.5, 0.6) is 0 Å². The Labute approximate surface area is 156 Å². The summed E-state index contributed by atoms with van der Waals surface area (Å²) >= 11 is 0. The summed E-state index contributed by atoms with van der Waals surface area (Å²) in [6.45, 7) is 0.753. The minimum absolute atomic E-state index is 0.260. The molecule has 3 aromatic rings. The number of nitrogens with one attached hydrogen (secondary N) is 1. The van der Waals surface area contributed by atoms with Gasteiger partial charge in [0.15, 0.2) is 0 Å². The molecule has 6 nitrogen and oxygen atoms in total. The molecule has 27 heavy (non-hydrogen) atoms. The number of hydrogen-bond acceptors (Lipinski definition) is 5. The lowest BCUT2D eigenvalue weighted by molar-refractivity contribution is 0.672. The monoisotopic (exact) mass is 352 g/mol. The van der Waals surface area contributed by atoms with Crippen molar-refractivity contribution in [3.63, 3.8) is 0 Å². The predicted octanol–water partition coefficient (Wildman–Crippen LogP) is 3.34. The molecular weight excluding hydrogens is 336 g/mol. The van der Waals surface area contributed by atoms with Crippen LogP contribution in [0.2, 0.25) is 0 Å². The van der Waals surface area contributed by atoms with Crippen LogP contribution in [0.15, 0.2) is 66.8 Å². The van der Waals surface area contributed by atoms with E-state index in [1.165, 1.54) is 11.3 Å². The highest BCUT2D eigenvalue weighted by Crippen LogP contribution is 2.45. The number of anilines is 1. The van der Waals surface area contributed by atoms with Crippen molar-refractivity contribution >= 4 is 5.69 Å². The van der Waals surface area contributed by atoms with Gasteiger partial charge in [0.2, 0.25) is 5.82 Å². The fourth-order valence-electron chi connectivity index (χ4n) is 3.97. The van der Waals surface area contributed by atoms with Gasteiger partial charge in [-0.15, -0.1) is 10.2 Å². The molecule has 2 heterocycles. The Bertz CT molecular complexity index is 1090. The molecule has 0 fully saturated rings. The van der Waals surface area contributed by atoms with Crippen LogP contribution in [0.3, 0.4) is 0 Å². The molecule has 0 amide bonds. The molecule has 1 aromatic heterocycles. The molecular formula is C21H16N6. The summed E-state index contributed by atoms with van der Waals surface area (Å²) < 4.78 is 0. The molecule has 2 atom stereocenters. The van der Waals surface area contributed by atoms with E-state index in [9.17, 15) is 5.26 Å². The fourth-order valence-corrected chi connectivity index (χ4v) is 3.97. The van der Waals surface area contributed by atoms with Crippen LogP contribution < -0.4 is 4.90 Å². The third-order valence-electron chi connectivity index (χ3n) is 5.17. The Morgan fingerprint density at radius 2 is 2.04 bits per heavy atom. The highest BCUT2D eigenvalue weighted by molar-refractivity contribution is 5.71. The van der Waals surface area contributed by atoms with Crippen LogP contribution in [0.25, 0.3) is 11.4 Å². The van der Waals surface area contributed by atoms with Gasteiger partial charge >= 0.3 is 0 Å². The summed E-state index contributed by atoms with van der Waals surface area (Å²) in [5.41, 5.74) is 5.24. The van der Waals surface area contributed by atoms with E-state index in [1.807, 2.05) is 24.3 Å². The Morgan fingerprint density at radius 1 is 1.11 bits per heavy atom. The molecule has 2 aliphatic rings. The lowest BCUT2D eigenvalue weighted by Crippen LogP contribution is -2.32. The first-order chi connectivity index (χ1) is 13.3. The Hall–Kier alpha value is -3.72. The van der Waals surface area contributed by atoms with Crippen molar-refractivity contribution in [3.8, 4) is 17.5 Å². The third kappa shape index (κ3) is 2.61. The van der Waals surface area contributed by atoms with Gasteiger partial charge in [0, 0.05) is 23.7 Å². The zero-order valence-electron chi connectivity index (χ0n) is 14.4. The second-order valence-corrected chi connectivity index (χ2v) is 6.74. The van der Waals surface area contributed by atoms with Crippen molar-refractivity contribution in [2.75, 3.05) is 4.90 Å². The SMILES string of the molecule is N#Cc1cccc(CN2c3ccc(-c4nn[nH]n4)cc3C3C=CC=CC32)c1. The summed E-state index contributed by atoms with van der Waals surface area (Å²) in [7, 11) is 0. The number of aromatic nitrogens is 4. The van der Waals surface area contributed by atoms with Crippen LogP contribution in [-0.4, -0.2) is 26.7 Å². The van der Waals surface area contributed by atoms with Gasteiger partial charge in [0.1, 0.15) is 0 Å². The summed E-state index contributed by atoms with van der Waals surface area (Å²) in [5.74, 6) is 0.890. The van der Waals surface area contributed by atoms with E-state index < -0.39 is 0 Å². The van der Waals surface area contributed by atoms with E-state index in [2.05, 4.69) is 74.1 Å². The van der Waals surface area contributed by atoms with Crippen molar-refractivity contribution in [3.05, 3.63) is 83.5 Å². The molecule has 1 aliphatic heterocycles. The first-order valence-corrected chi connectivity index (χ1v) is 8.82. The summed E-state index contributed by atoms with van der Waals surface area (Å²) in [5, 5.41) is 23.6. The number of nitriles is 1. The smallest absolute Gasteiger partial charge is 0.204 e. The van der Waals surface area contributed by atoms with E-state index in [4.69, 9.17) is 0 Å². The molecule has 0 bridgehead atoms. The zero-order chi connectivity index (χ0) is 18.2. The predicted molar refractivity (Wildman–Crippen MR) is 102 cm³/mol. The zero-order valence-corrected chi connectivity index (χ0v) is 14.4. The number of benzene rings is 2. The van der Waals surface area contributed by atoms with Crippen LogP contribution in [0.1, 0.15) is 22.6 Å². The average molecular weight is 352 g/mol. The fraction of sp³-hybridized carbons (Fsp3) is 0.143. The van der Waals surface area contributed by atoms with E-state index in [-0.39, 0.29) is 12.0 Å². The van der Waals surface area contributed by atoms with Gasteiger partial charge < -0.3 is 4.90 Å². The maximum atomic E-state index is 9.19. The molecule has 1 N–H and O–H groups in total. The number of nitrogens with zero attached hydrogens (tertiary/aromatic N) is 5. The van der Waals surface area contributed by atoms with Gasteiger partial charge in [-0.25, -0.2) is 0 Å². The van der Waals surface area contributed by atoms with Crippen LogP contribution in [0.4, 0.5) is 5.69 Å². The average Bonchev–Trinajstić information content (AvgIpc) is 3.36. The number of hydrogen-bond donors (Lipinski definition) is 1. The number of H-pyrrole nitrogens is 1. The van der Waals surface area contributed by atoms with Gasteiger partial charge in [0.25, 0.3) is 0 Å². The minimum atomic E-state index is 0.260. The molecule has 130 valence electrons. The summed E-state index contributed by atoms with van der Waals surface area (Å²) in [6.07, 6.45) is 8.69. The minimum Gasteiger partial charge on any atom is -0.360 e. The van der Waals surface area contributed by atoms with Crippen molar-refractivity contribution in [1.82, 2.24) is 20.6 Å². The first kappa shape index (κ1) is 15.5. The second kappa shape index (κ2) is 6.22. The number of fused-ring (bicyclic) bond motifs is 3. The summed E-state index contributed by atoms with van der Waals surface area (Å²) in [4.78, 5) is 2.40. The molecule has 2 aromatic carbocycles. The molecule has 0 saturated carbocycles. The first-order valence-electron chi connectivity index (χ1n) is 8.82. The van der Waals surface area contributed by atoms with Gasteiger partial charge in [0.05, 0.1) is 17.7 Å². The number of allylic oxidation sites excluding steroid dienone is 2. The van der Waals surface area contributed by atoms with Gasteiger partial charge in [-0.2, -0.15) is 10.5 Å². The molecule has 0 radical (unpaired) electrons. The van der Waals surface area contributed by atoms with Crippen molar-refractivity contribution in [2.45, 2.75) is 18.5 Å². The Balaban J connectivity index is 1.56. The van der Waals surface area contributed by atoms with Crippen LogP contribution >= 0.6 is 0 Å². The van der Waals surface area contributed by atoms with E-state index >= 15 is 0 Å². The molecule has 1 aliphatic carbocycles. The molecule has 5 rings (SSSR count). The van der Waals surface area contributed by atoms with Crippen LogP contribution in [0, 0.1) is 11.3 Å². The highest BCUT2D eigenvalue weighted by atomic mass is 15.5. The Morgan fingerprint density at radius 3 is 2.89 bits per heavy atom. The number of aromatic amines is 1. The quantitative estimate of drug-likeness (QED) is 0.782. The maximum absolute atomic E-state index is 9.19. The van der Waals surface area contributed by atoms with Gasteiger partial charge in [-0.1, -0.05) is 36.4 Å². The lowest BCUT2D eigenvalue weighted by atomic mass is 9.90. The largest absolute Gasteiger partial charge is 0.360 e. The van der Waals surface area contributed by atoms with E-state index in [0.29, 0.717) is 11.4 Å². The van der Waals surface area contributed by atoms with Crippen molar-refractivity contribution in [2.24, 2.45) is 0 Å². The third-order valence-corrected chi connectivity index (χ3v) is 5.17. The lowest BCUT2D eigenvalue weighted by Gasteiger charge is -2.28. The number of tetrazole rings is 1. The maximum Gasteiger partial charge on any atom is 0.204 e. The van der Waals surface area contributed by atoms with Gasteiger partial charge in [-0.05, 0) is 46.7 Å². The summed E-state index contributed by atoms with van der Waals surface area (Å²) in [6, 6.07) is 16.6. The van der Waals surface area contributed by atoms with Crippen molar-refractivity contribution in [1.29, 1.82) is 5.26 Å². The molecule has 2 unspecified atom stereocenters. The van der Waals surface area contributed by atoms with Crippen molar-refractivity contribution < 1.29 is 0 Å². The van der Waals surface area contributed by atoms with Gasteiger partial charge in [-0.3, -0.25) is 0 Å². The molecule has 0 spiro atoms. The Kier molecular flexibility index (Phi) is 3.58. The van der Waals surface area contributed by atoms with Crippen LogP contribution in [-0.2, 0) is 6.54 Å². The topological polar surface area (TPSA) is 81.5 Å². The second-order valence-electron chi connectivity index (χ2n) is 6.74. The van der Waals surface area contributed by atoms with E-state index in [1.54, 1.807) is 0 Å². The number of rotatable bonds is 3. The normalized spacial score (nSPS) is 19.6. The highest BCUT2D eigenvalue weighted by Gasteiger charge is 2.36. The molecule has 0 saturated heterocycles. The standard InChI is InChI=1S/C21H16N6/c22-12-14-4-3-5-15(10-14)13-27-19-7-2-1-6-17(19)18-11-16(8-9-20(18)27)21-23-25-26-24-21/h1-11,17,19H,13H2,(H,23,24,25,26).